The lowest BCUT2D eigenvalue weighted by atomic mass is 10.0. The quantitative estimate of drug-likeness (QED) is 0.111. The minimum Gasteiger partial charge on any atom is -0.489 e. The summed E-state index contributed by atoms with van der Waals surface area (Å²) in [5.74, 6) is 2.94. The molecule has 1 aliphatic rings. The molecule has 1 amide bonds. The van der Waals surface area contributed by atoms with E-state index in [2.05, 4.69) is 79.2 Å². The molecule has 53 heavy (non-hydrogen) atoms. The van der Waals surface area contributed by atoms with Gasteiger partial charge in [0.1, 0.15) is 30.5 Å². The Morgan fingerprint density at radius 2 is 1.40 bits per heavy atom. The van der Waals surface area contributed by atoms with E-state index in [1.807, 2.05) is 60.4 Å². The van der Waals surface area contributed by atoms with Gasteiger partial charge < -0.3 is 19.1 Å². The van der Waals surface area contributed by atoms with E-state index in [1.165, 1.54) is 16.7 Å². The smallest absolute Gasteiger partial charge is 0.246 e. The van der Waals surface area contributed by atoms with Crippen LogP contribution in [0.15, 0.2) is 109 Å². The van der Waals surface area contributed by atoms with Crippen molar-refractivity contribution in [2.24, 2.45) is 0 Å². The Morgan fingerprint density at radius 3 is 2.02 bits per heavy atom. The van der Waals surface area contributed by atoms with Crippen LogP contribution < -0.4 is 14.2 Å². The van der Waals surface area contributed by atoms with E-state index in [0.717, 1.165) is 47.6 Å². The van der Waals surface area contributed by atoms with E-state index in [-0.39, 0.29) is 22.9 Å². The van der Waals surface area contributed by atoms with Gasteiger partial charge in [-0.1, -0.05) is 91.7 Å². The highest BCUT2D eigenvalue weighted by Crippen LogP contribution is 2.32. The maximum Gasteiger partial charge on any atom is 0.246 e. The van der Waals surface area contributed by atoms with Crippen molar-refractivity contribution in [3.05, 3.63) is 153 Å². The van der Waals surface area contributed by atoms with Crippen molar-refractivity contribution in [1.29, 1.82) is 0 Å². The number of benzene rings is 4. The third kappa shape index (κ3) is 11.4. The summed E-state index contributed by atoms with van der Waals surface area (Å²) in [5, 5.41) is 0.435. The third-order valence-electron chi connectivity index (χ3n) is 9.24. The van der Waals surface area contributed by atoms with Crippen molar-refractivity contribution in [2.45, 2.75) is 53.4 Å². The van der Waals surface area contributed by atoms with Crippen LogP contribution in [0.1, 0.15) is 58.7 Å². The third-order valence-corrected chi connectivity index (χ3v) is 9.54. The van der Waals surface area contributed by atoms with Crippen molar-refractivity contribution >= 4 is 40.6 Å². The molecule has 1 saturated heterocycles. The van der Waals surface area contributed by atoms with Crippen molar-refractivity contribution in [3.63, 3.8) is 0 Å². The van der Waals surface area contributed by atoms with E-state index in [0.29, 0.717) is 54.6 Å². The highest BCUT2D eigenvalue weighted by Gasteiger charge is 2.20. The molecule has 1 aromatic heterocycles. The largest absolute Gasteiger partial charge is 0.489 e. The molecule has 0 radical (unpaired) electrons. The molecule has 0 spiro atoms. The molecule has 276 valence electrons. The van der Waals surface area contributed by atoms with Crippen LogP contribution in [0.2, 0.25) is 5.02 Å². The normalized spacial score (nSPS) is 13.2. The minimum atomic E-state index is -0.00687. The zero-order chi connectivity index (χ0) is 36.5. The number of hydrogen-bond donors (Lipinski definition) is 0. The average Bonchev–Trinajstić information content (AvgIpc) is 3.16. The van der Waals surface area contributed by atoms with Gasteiger partial charge in [0.05, 0.1) is 11.2 Å². The first kappa shape index (κ1) is 39.6. The molecule has 1 aliphatic heterocycles. The minimum absolute atomic E-state index is 0. The highest BCUT2D eigenvalue weighted by molar-refractivity contribution is 8.93. The fourth-order valence-electron chi connectivity index (χ4n) is 5.91. The maximum atomic E-state index is 13.1. The summed E-state index contributed by atoms with van der Waals surface area (Å²) in [7, 11) is 0. The molecule has 0 bridgehead atoms. The summed E-state index contributed by atoms with van der Waals surface area (Å²) in [6.45, 7) is 13.3. The van der Waals surface area contributed by atoms with Gasteiger partial charge in [-0.25, -0.2) is 4.98 Å². The first-order chi connectivity index (χ1) is 25.2. The number of halogens is 2. The van der Waals surface area contributed by atoms with Crippen LogP contribution in [0.5, 0.6) is 23.1 Å². The Balaban J connectivity index is 0.00000541. The van der Waals surface area contributed by atoms with E-state index >= 15 is 0 Å². The lowest BCUT2D eigenvalue weighted by Crippen LogP contribution is -2.47. The zero-order valence-corrected chi connectivity index (χ0v) is 33.2. The molecule has 7 nitrogen and oxygen atoms in total. The molecule has 0 N–H and O–H groups in total. The molecule has 9 heteroatoms. The van der Waals surface area contributed by atoms with Gasteiger partial charge in [-0.3, -0.25) is 9.69 Å². The molecule has 0 aliphatic carbocycles. The van der Waals surface area contributed by atoms with Crippen LogP contribution in [-0.4, -0.2) is 46.9 Å². The second-order valence-corrected chi connectivity index (χ2v) is 14.0. The van der Waals surface area contributed by atoms with E-state index in [1.54, 1.807) is 18.3 Å². The molecule has 4 aromatic carbocycles. The summed E-state index contributed by atoms with van der Waals surface area (Å²) in [4.78, 5) is 21.8. The van der Waals surface area contributed by atoms with Crippen LogP contribution in [0, 0.1) is 13.8 Å². The zero-order valence-electron chi connectivity index (χ0n) is 30.8. The van der Waals surface area contributed by atoms with Gasteiger partial charge in [0.25, 0.3) is 0 Å². The van der Waals surface area contributed by atoms with Gasteiger partial charge in [0, 0.05) is 44.9 Å². The van der Waals surface area contributed by atoms with Gasteiger partial charge in [0.15, 0.2) is 0 Å². The summed E-state index contributed by atoms with van der Waals surface area (Å²) in [6, 6.07) is 32.4. The summed E-state index contributed by atoms with van der Waals surface area (Å²) < 4.78 is 17.8. The number of carbonyl (C=O) groups excluding carboxylic acids is 1. The topological polar surface area (TPSA) is 64.1 Å². The number of nitrogens with zero attached hydrogens (tertiary/aromatic N) is 3. The van der Waals surface area contributed by atoms with E-state index in [4.69, 9.17) is 25.8 Å². The second-order valence-electron chi connectivity index (χ2n) is 13.6. The number of hydrogen-bond acceptors (Lipinski definition) is 6. The van der Waals surface area contributed by atoms with Crippen molar-refractivity contribution in [2.75, 3.05) is 26.2 Å². The van der Waals surface area contributed by atoms with E-state index < -0.39 is 0 Å². The number of amides is 1. The Morgan fingerprint density at radius 1 is 0.792 bits per heavy atom. The van der Waals surface area contributed by atoms with Gasteiger partial charge in [-0.15, -0.1) is 17.0 Å². The monoisotopic (exact) mass is 795 g/mol. The molecule has 5 aromatic rings. The van der Waals surface area contributed by atoms with E-state index in [9.17, 15) is 4.79 Å². The standard InChI is InChI=1S/C44H46ClN3O4.BrH/c1-31(2)37-13-16-39(17-14-37)50-29-36-11-9-34(10-12-36)28-47-21-23-48(24-22-47)44(49)20-15-38-26-41(45)42(25-33(38)4)52-43-19-18-40(27-46-43)51-30-35-7-5-32(3)6-8-35;/h5-20,25-27,31H,21-24,28-30H2,1-4H3;1H/b20-15+;. The predicted molar refractivity (Wildman–Crippen MR) is 219 cm³/mol. The summed E-state index contributed by atoms with van der Waals surface area (Å²) >= 11 is 6.60. The Kier molecular flexibility index (Phi) is 14.1. The number of rotatable bonds is 13. The fourth-order valence-corrected chi connectivity index (χ4v) is 6.12. The number of aromatic nitrogens is 1. The Bertz CT molecular complexity index is 1960. The molecule has 2 heterocycles. The first-order valence-corrected chi connectivity index (χ1v) is 18.2. The van der Waals surface area contributed by atoms with Gasteiger partial charge >= 0.3 is 0 Å². The van der Waals surface area contributed by atoms with Gasteiger partial charge in [-0.05, 0) is 89.6 Å². The second kappa shape index (κ2) is 18.9. The molecule has 1 fully saturated rings. The van der Waals surface area contributed by atoms with Crippen molar-refractivity contribution in [1.82, 2.24) is 14.8 Å². The Hall–Kier alpha value is -4.63. The SMILES string of the molecule is Br.Cc1ccc(COc2ccc(Oc3cc(C)c(/C=C/C(=O)N4CCN(Cc5ccc(COc6ccc(C(C)C)cc6)cc5)CC4)cc3Cl)nc2)cc1. The summed E-state index contributed by atoms with van der Waals surface area (Å²) in [6.07, 6.45) is 5.09. The molecule has 0 unspecified atom stereocenters. The lowest BCUT2D eigenvalue weighted by Gasteiger charge is -2.34. The lowest BCUT2D eigenvalue weighted by molar-refractivity contribution is -0.127. The number of pyridine rings is 1. The number of aryl methyl sites for hydroxylation is 2. The first-order valence-electron chi connectivity index (χ1n) is 17.8. The van der Waals surface area contributed by atoms with Crippen LogP contribution in [0.4, 0.5) is 0 Å². The molecular weight excluding hydrogens is 750 g/mol. The van der Waals surface area contributed by atoms with Crippen LogP contribution in [-0.2, 0) is 24.6 Å². The van der Waals surface area contributed by atoms with Crippen LogP contribution in [0.3, 0.4) is 0 Å². The highest BCUT2D eigenvalue weighted by atomic mass is 79.9. The van der Waals surface area contributed by atoms with Gasteiger partial charge in [0.2, 0.25) is 11.8 Å². The van der Waals surface area contributed by atoms with Crippen molar-refractivity contribution < 1.29 is 19.0 Å². The number of piperazine rings is 1. The van der Waals surface area contributed by atoms with Crippen molar-refractivity contribution in [3.8, 4) is 23.1 Å². The average molecular weight is 797 g/mol. The van der Waals surface area contributed by atoms with Gasteiger partial charge in [-0.2, -0.15) is 0 Å². The predicted octanol–water partition coefficient (Wildman–Crippen LogP) is 10.4. The van der Waals surface area contributed by atoms with Crippen LogP contribution in [0.25, 0.3) is 6.08 Å². The molecule has 6 rings (SSSR count). The molecule has 0 atom stereocenters. The van der Waals surface area contributed by atoms with Crippen LogP contribution >= 0.6 is 28.6 Å². The number of ether oxygens (including phenoxy) is 3. The molecule has 0 saturated carbocycles. The number of carbonyl (C=O) groups is 1. The summed E-state index contributed by atoms with van der Waals surface area (Å²) in [5.41, 5.74) is 7.79. The molecular formula is C44H47BrClN3O4. The Labute approximate surface area is 328 Å². The fraction of sp³-hybridized carbons (Fsp3) is 0.273. The maximum absolute atomic E-state index is 13.1.